The first-order chi connectivity index (χ1) is 8.70. The molecule has 2 aromatic rings. The number of thioether (sulfide) groups is 1. The minimum absolute atomic E-state index is 0.208. The standard InChI is InChI=1S/C14H13NO2S/c1-2-18-13-5-3-10(4-6-13)11-7-12(14(16)17)9-15-8-11/h3-9H,2H2,1H3,(H,16,17). The van der Waals surface area contributed by atoms with Crippen molar-refractivity contribution in [1.29, 1.82) is 0 Å². The quantitative estimate of drug-likeness (QED) is 0.853. The number of benzene rings is 1. The number of pyridine rings is 1. The normalized spacial score (nSPS) is 10.3. The van der Waals surface area contributed by atoms with E-state index in [-0.39, 0.29) is 5.56 Å². The van der Waals surface area contributed by atoms with Crippen molar-refractivity contribution >= 4 is 17.7 Å². The van der Waals surface area contributed by atoms with Crippen LogP contribution in [0.3, 0.4) is 0 Å². The second-order valence-corrected chi connectivity index (χ2v) is 5.06. The summed E-state index contributed by atoms with van der Waals surface area (Å²) >= 11 is 1.78. The summed E-state index contributed by atoms with van der Waals surface area (Å²) in [5.41, 5.74) is 2.01. The van der Waals surface area contributed by atoms with Gasteiger partial charge in [-0.05, 0) is 29.5 Å². The van der Waals surface area contributed by atoms with Crippen molar-refractivity contribution in [3.05, 3.63) is 48.3 Å². The van der Waals surface area contributed by atoms with Crippen molar-refractivity contribution in [1.82, 2.24) is 4.98 Å². The van der Waals surface area contributed by atoms with Crippen LogP contribution in [-0.2, 0) is 0 Å². The number of carboxylic acids is 1. The molecule has 1 heterocycles. The minimum Gasteiger partial charge on any atom is -0.478 e. The molecule has 0 amide bonds. The average Bonchev–Trinajstić information content (AvgIpc) is 2.40. The summed E-state index contributed by atoms with van der Waals surface area (Å²) in [6.07, 6.45) is 3.03. The Morgan fingerprint density at radius 1 is 1.22 bits per heavy atom. The molecule has 0 saturated carbocycles. The molecule has 2 rings (SSSR count). The van der Waals surface area contributed by atoms with Gasteiger partial charge in [-0.1, -0.05) is 19.1 Å². The van der Waals surface area contributed by atoms with Crippen molar-refractivity contribution in [2.24, 2.45) is 0 Å². The lowest BCUT2D eigenvalue weighted by Crippen LogP contribution is -1.97. The van der Waals surface area contributed by atoms with Crippen molar-refractivity contribution in [2.45, 2.75) is 11.8 Å². The summed E-state index contributed by atoms with van der Waals surface area (Å²) in [4.78, 5) is 16.0. The Hall–Kier alpha value is -1.81. The summed E-state index contributed by atoms with van der Waals surface area (Å²) in [5.74, 6) is 0.0811. The van der Waals surface area contributed by atoms with E-state index in [0.29, 0.717) is 0 Å². The topological polar surface area (TPSA) is 50.2 Å². The van der Waals surface area contributed by atoms with Gasteiger partial charge in [-0.25, -0.2) is 4.79 Å². The molecule has 0 spiro atoms. The van der Waals surface area contributed by atoms with E-state index in [1.807, 2.05) is 24.3 Å². The fourth-order valence-electron chi connectivity index (χ4n) is 1.63. The van der Waals surface area contributed by atoms with Crippen LogP contribution < -0.4 is 0 Å². The summed E-state index contributed by atoms with van der Waals surface area (Å²) in [6, 6.07) is 9.69. The van der Waals surface area contributed by atoms with Crippen LogP contribution >= 0.6 is 11.8 Å². The first kappa shape index (κ1) is 12.6. The van der Waals surface area contributed by atoms with Gasteiger partial charge in [-0.15, -0.1) is 11.8 Å². The maximum absolute atomic E-state index is 10.9. The predicted molar refractivity (Wildman–Crippen MR) is 73.0 cm³/mol. The van der Waals surface area contributed by atoms with Gasteiger partial charge in [0.1, 0.15) is 0 Å². The van der Waals surface area contributed by atoms with E-state index in [0.717, 1.165) is 16.9 Å². The van der Waals surface area contributed by atoms with Crippen LogP contribution in [0.5, 0.6) is 0 Å². The number of carboxylic acid groups (broad SMARTS) is 1. The molecule has 18 heavy (non-hydrogen) atoms. The Kier molecular flexibility index (Phi) is 3.99. The van der Waals surface area contributed by atoms with E-state index < -0.39 is 5.97 Å². The van der Waals surface area contributed by atoms with Gasteiger partial charge in [0.25, 0.3) is 0 Å². The largest absolute Gasteiger partial charge is 0.478 e. The molecule has 1 N–H and O–H groups in total. The lowest BCUT2D eigenvalue weighted by atomic mass is 10.1. The van der Waals surface area contributed by atoms with Gasteiger partial charge >= 0.3 is 5.97 Å². The molecule has 0 radical (unpaired) electrons. The molecule has 3 nitrogen and oxygen atoms in total. The Balaban J connectivity index is 2.30. The molecule has 0 saturated heterocycles. The summed E-state index contributed by atoms with van der Waals surface area (Å²) in [6.45, 7) is 2.11. The van der Waals surface area contributed by atoms with E-state index in [1.54, 1.807) is 24.0 Å². The van der Waals surface area contributed by atoms with Gasteiger partial charge in [0, 0.05) is 22.9 Å². The second-order valence-electron chi connectivity index (χ2n) is 3.72. The van der Waals surface area contributed by atoms with E-state index in [9.17, 15) is 4.79 Å². The third-order valence-electron chi connectivity index (χ3n) is 2.48. The smallest absolute Gasteiger partial charge is 0.337 e. The molecule has 92 valence electrons. The van der Waals surface area contributed by atoms with Crippen LogP contribution in [0, 0.1) is 0 Å². The highest BCUT2D eigenvalue weighted by Crippen LogP contribution is 2.24. The number of hydrogen-bond acceptors (Lipinski definition) is 3. The third-order valence-corrected chi connectivity index (χ3v) is 3.38. The molecule has 0 aliphatic heterocycles. The third kappa shape index (κ3) is 2.90. The zero-order valence-electron chi connectivity index (χ0n) is 9.96. The van der Waals surface area contributed by atoms with Gasteiger partial charge in [0.15, 0.2) is 0 Å². The molecule has 1 aromatic carbocycles. The minimum atomic E-state index is -0.956. The maximum Gasteiger partial charge on any atom is 0.337 e. The number of nitrogens with zero attached hydrogens (tertiary/aromatic N) is 1. The zero-order valence-corrected chi connectivity index (χ0v) is 10.8. The van der Waals surface area contributed by atoms with Crippen LogP contribution in [0.2, 0.25) is 0 Å². The number of rotatable bonds is 4. The van der Waals surface area contributed by atoms with Crippen molar-refractivity contribution in [2.75, 3.05) is 5.75 Å². The van der Waals surface area contributed by atoms with Crippen LogP contribution in [0.1, 0.15) is 17.3 Å². The zero-order chi connectivity index (χ0) is 13.0. The number of aromatic carboxylic acids is 1. The molecule has 0 aliphatic carbocycles. The Morgan fingerprint density at radius 2 is 1.94 bits per heavy atom. The fraction of sp³-hybridized carbons (Fsp3) is 0.143. The summed E-state index contributed by atoms with van der Waals surface area (Å²) < 4.78 is 0. The molecular weight excluding hydrogens is 246 g/mol. The van der Waals surface area contributed by atoms with Crippen molar-refractivity contribution in [3.63, 3.8) is 0 Å². The number of aromatic nitrogens is 1. The van der Waals surface area contributed by atoms with Gasteiger partial charge < -0.3 is 5.11 Å². The van der Waals surface area contributed by atoms with E-state index in [4.69, 9.17) is 5.11 Å². The number of carbonyl (C=O) groups is 1. The first-order valence-electron chi connectivity index (χ1n) is 5.62. The first-order valence-corrected chi connectivity index (χ1v) is 6.61. The Bertz CT molecular complexity index is 552. The summed E-state index contributed by atoms with van der Waals surface area (Å²) in [7, 11) is 0. The van der Waals surface area contributed by atoms with Crippen LogP contribution in [0.25, 0.3) is 11.1 Å². The van der Waals surface area contributed by atoms with E-state index >= 15 is 0 Å². The molecular formula is C14H13NO2S. The highest BCUT2D eigenvalue weighted by atomic mass is 32.2. The van der Waals surface area contributed by atoms with Crippen LogP contribution in [0.15, 0.2) is 47.6 Å². The second kappa shape index (κ2) is 5.69. The lowest BCUT2D eigenvalue weighted by molar-refractivity contribution is 0.0696. The van der Waals surface area contributed by atoms with Gasteiger partial charge in [-0.2, -0.15) is 0 Å². The molecule has 0 bridgehead atoms. The summed E-state index contributed by atoms with van der Waals surface area (Å²) in [5, 5.41) is 8.93. The highest BCUT2D eigenvalue weighted by molar-refractivity contribution is 7.99. The van der Waals surface area contributed by atoms with Crippen molar-refractivity contribution < 1.29 is 9.90 Å². The molecule has 4 heteroatoms. The van der Waals surface area contributed by atoms with Gasteiger partial charge in [0.2, 0.25) is 0 Å². The lowest BCUT2D eigenvalue weighted by Gasteiger charge is -2.04. The molecule has 0 atom stereocenters. The molecule has 0 unspecified atom stereocenters. The van der Waals surface area contributed by atoms with E-state index in [2.05, 4.69) is 11.9 Å². The van der Waals surface area contributed by atoms with E-state index in [1.165, 1.54) is 11.1 Å². The Morgan fingerprint density at radius 3 is 2.56 bits per heavy atom. The molecule has 1 aromatic heterocycles. The number of hydrogen-bond donors (Lipinski definition) is 1. The van der Waals surface area contributed by atoms with Crippen LogP contribution in [0.4, 0.5) is 0 Å². The molecule has 0 fully saturated rings. The molecule has 0 aliphatic rings. The fourth-order valence-corrected chi connectivity index (χ4v) is 2.29. The van der Waals surface area contributed by atoms with Crippen molar-refractivity contribution in [3.8, 4) is 11.1 Å². The Labute approximate surface area is 110 Å². The maximum atomic E-state index is 10.9. The van der Waals surface area contributed by atoms with Gasteiger partial charge in [-0.3, -0.25) is 4.98 Å². The average molecular weight is 259 g/mol. The monoisotopic (exact) mass is 259 g/mol. The predicted octanol–water partition coefficient (Wildman–Crippen LogP) is 3.56. The SMILES string of the molecule is CCSc1ccc(-c2cncc(C(=O)O)c2)cc1. The van der Waals surface area contributed by atoms with Crippen LogP contribution in [-0.4, -0.2) is 21.8 Å². The highest BCUT2D eigenvalue weighted by Gasteiger charge is 2.05. The van der Waals surface area contributed by atoms with Gasteiger partial charge in [0.05, 0.1) is 5.56 Å².